The summed E-state index contributed by atoms with van der Waals surface area (Å²) in [6.07, 6.45) is 5.47. The second-order valence-corrected chi connectivity index (χ2v) is 5.87. The van der Waals surface area contributed by atoms with E-state index in [4.69, 9.17) is 4.74 Å². The second kappa shape index (κ2) is 6.32. The lowest BCUT2D eigenvalue weighted by molar-refractivity contribution is 0.0929. The number of benzene rings is 1. The van der Waals surface area contributed by atoms with Crippen LogP contribution in [-0.4, -0.2) is 37.3 Å². The van der Waals surface area contributed by atoms with E-state index in [1.54, 1.807) is 18.5 Å². The van der Waals surface area contributed by atoms with Crippen molar-refractivity contribution in [2.75, 3.05) is 6.54 Å². The molecule has 24 heavy (non-hydrogen) atoms. The van der Waals surface area contributed by atoms with E-state index in [0.29, 0.717) is 18.1 Å². The zero-order valence-electron chi connectivity index (χ0n) is 12.5. The molecule has 2 aromatic heterocycles. The van der Waals surface area contributed by atoms with Crippen LogP contribution >= 0.6 is 11.7 Å². The molecule has 3 heterocycles. The highest BCUT2D eigenvalue weighted by Crippen LogP contribution is 2.37. The van der Waals surface area contributed by atoms with Gasteiger partial charge in [0.05, 0.1) is 30.0 Å². The number of aromatic nitrogens is 4. The van der Waals surface area contributed by atoms with Crippen LogP contribution in [0.1, 0.15) is 16.1 Å². The van der Waals surface area contributed by atoms with Gasteiger partial charge in [0, 0.05) is 18.8 Å². The molecule has 0 saturated carbocycles. The number of nitrogens with zero attached hydrogens (tertiary/aromatic N) is 4. The van der Waals surface area contributed by atoms with Gasteiger partial charge >= 0.3 is 0 Å². The first-order valence-corrected chi connectivity index (χ1v) is 8.16. The Balaban J connectivity index is 1.47. The molecule has 3 aromatic rings. The molecule has 0 saturated heterocycles. The van der Waals surface area contributed by atoms with Gasteiger partial charge in [-0.3, -0.25) is 4.79 Å². The van der Waals surface area contributed by atoms with Crippen molar-refractivity contribution in [3.63, 3.8) is 0 Å². The van der Waals surface area contributed by atoms with Crippen molar-refractivity contribution >= 4 is 17.6 Å². The normalized spacial score (nSPS) is 15.6. The number of hydrogen-bond donors (Lipinski definition) is 1. The molecule has 1 aliphatic rings. The van der Waals surface area contributed by atoms with Crippen LogP contribution in [0.3, 0.4) is 0 Å². The Morgan fingerprint density at radius 2 is 2.17 bits per heavy atom. The number of amides is 1. The first kappa shape index (κ1) is 14.7. The number of ether oxygens (including phenoxy) is 1. The smallest absolute Gasteiger partial charge is 0.272 e. The molecule has 0 fully saturated rings. The minimum atomic E-state index is -0.241. The van der Waals surface area contributed by atoms with Crippen LogP contribution in [0.4, 0.5) is 0 Å². The number of hydrogen-bond acceptors (Lipinski definition) is 7. The zero-order valence-corrected chi connectivity index (χ0v) is 13.4. The van der Waals surface area contributed by atoms with Gasteiger partial charge in [0.25, 0.3) is 5.91 Å². The van der Waals surface area contributed by atoms with Crippen LogP contribution in [0, 0.1) is 0 Å². The first-order chi connectivity index (χ1) is 11.8. The van der Waals surface area contributed by atoms with Crippen molar-refractivity contribution in [3.8, 4) is 17.1 Å². The van der Waals surface area contributed by atoms with Crippen LogP contribution in [-0.2, 0) is 6.42 Å². The Kier molecular flexibility index (Phi) is 3.87. The number of para-hydroxylation sites is 1. The number of rotatable bonds is 4. The van der Waals surface area contributed by atoms with Crippen molar-refractivity contribution in [3.05, 3.63) is 54.1 Å². The van der Waals surface area contributed by atoms with Crippen molar-refractivity contribution in [1.29, 1.82) is 0 Å². The molecular formula is C16H13N5O2S. The summed E-state index contributed by atoms with van der Waals surface area (Å²) in [6, 6.07) is 7.71. The van der Waals surface area contributed by atoms with Crippen molar-refractivity contribution in [2.45, 2.75) is 12.5 Å². The number of nitrogens with one attached hydrogen (secondary N) is 1. The molecule has 1 amide bonds. The average Bonchev–Trinajstić information content (AvgIpc) is 3.29. The highest BCUT2D eigenvalue weighted by atomic mass is 32.1. The third-order valence-corrected chi connectivity index (χ3v) is 4.20. The molecular weight excluding hydrogens is 326 g/mol. The van der Waals surface area contributed by atoms with E-state index in [2.05, 4.69) is 24.0 Å². The Bertz CT molecular complexity index is 854. The molecule has 7 nitrogen and oxygen atoms in total. The lowest BCUT2D eigenvalue weighted by Crippen LogP contribution is -2.34. The first-order valence-electron chi connectivity index (χ1n) is 7.43. The van der Waals surface area contributed by atoms with Gasteiger partial charge in [-0.25, -0.2) is 9.97 Å². The SMILES string of the molecule is O=C(NCC1Cc2cccc(-c3ncccn3)c2O1)c1cnsn1. The van der Waals surface area contributed by atoms with Gasteiger partial charge in [-0.1, -0.05) is 12.1 Å². The Hall–Kier alpha value is -2.87. The minimum absolute atomic E-state index is 0.125. The van der Waals surface area contributed by atoms with E-state index in [0.717, 1.165) is 35.0 Å². The molecule has 1 aromatic carbocycles. The van der Waals surface area contributed by atoms with Gasteiger partial charge in [-0.2, -0.15) is 8.75 Å². The fraction of sp³-hybridized carbons (Fsp3) is 0.188. The highest BCUT2D eigenvalue weighted by Gasteiger charge is 2.27. The van der Waals surface area contributed by atoms with Crippen molar-refractivity contribution in [1.82, 2.24) is 24.0 Å². The van der Waals surface area contributed by atoms with Crippen LogP contribution < -0.4 is 10.1 Å². The Morgan fingerprint density at radius 1 is 1.29 bits per heavy atom. The molecule has 1 N–H and O–H groups in total. The van der Waals surface area contributed by atoms with Crippen molar-refractivity contribution in [2.24, 2.45) is 0 Å². The van der Waals surface area contributed by atoms with Gasteiger partial charge in [0.1, 0.15) is 11.9 Å². The van der Waals surface area contributed by atoms with Gasteiger partial charge in [0.2, 0.25) is 0 Å². The third-order valence-electron chi connectivity index (χ3n) is 3.72. The van der Waals surface area contributed by atoms with Crippen LogP contribution in [0.5, 0.6) is 5.75 Å². The summed E-state index contributed by atoms with van der Waals surface area (Å²) in [5, 5.41) is 2.83. The lowest BCUT2D eigenvalue weighted by atomic mass is 10.1. The molecule has 8 heteroatoms. The maximum atomic E-state index is 11.9. The maximum absolute atomic E-state index is 11.9. The molecule has 120 valence electrons. The summed E-state index contributed by atoms with van der Waals surface area (Å²) in [5.74, 6) is 1.18. The lowest BCUT2D eigenvalue weighted by Gasteiger charge is -2.12. The molecule has 0 spiro atoms. The maximum Gasteiger partial charge on any atom is 0.272 e. The standard InChI is InChI=1S/C16H13N5O2S/c22-16(13-9-20-24-21-13)19-8-11-7-10-3-1-4-12(14(10)23-11)15-17-5-2-6-18-15/h1-6,9,11H,7-8H2,(H,19,22). The topological polar surface area (TPSA) is 89.9 Å². The highest BCUT2D eigenvalue weighted by molar-refractivity contribution is 6.99. The molecule has 1 aliphatic heterocycles. The number of carbonyl (C=O) groups excluding carboxylic acids is 1. The molecule has 0 aliphatic carbocycles. The van der Waals surface area contributed by atoms with Crippen LogP contribution in [0.15, 0.2) is 42.9 Å². The number of carbonyl (C=O) groups is 1. The second-order valence-electron chi connectivity index (χ2n) is 5.31. The van der Waals surface area contributed by atoms with E-state index >= 15 is 0 Å². The minimum Gasteiger partial charge on any atom is -0.487 e. The average molecular weight is 339 g/mol. The molecule has 0 bridgehead atoms. The Labute approximate surface area is 142 Å². The quantitative estimate of drug-likeness (QED) is 0.778. The molecule has 0 radical (unpaired) electrons. The summed E-state index contributed by atoms with van der Waals surface area (Å²) in [7, 11) is 0. The van der Waals surface area contributed by atoms with Gasteiger partial charge in [-0.15, -0.1) is 0 Å². The van der Waals surface area contributed by atoms with Gasteiger partial charge < -0.3 is 10.1 Å². The molecule has 4 rings (SSSR count). The van der Waals surface area contributed by atoms with Crippen LogP contribution in [0.25, 0.3) is 11.4 Å². The van der Waals surface area contributed by atoms with E-state index in [1.807, 2.05) is 18.2 Å². The molecule has 1 unspecified atom stereocenters. The largest absolute Gasteiger partial charge is 0.487 e. The predicted octanol–water partition coefficient (Wildman–Crippen LogP) is 1.73. The third kappa shape index (κ3) is 2.83. The van der Waals surface area contributed by atoms with E-state index in [1.165, 1.54) is 6.20 Å². The zero-order chi connectivity index (χ0) is 16.4. The van der Waals surface area contributed by atoms with E-state index in [9.17, 15) is 4.79 Å². The fourth-order valence-corrected chi connectivity index (χ4v) is 3.04. The summed E-state index contributed by atoms with van der Waals surface area (Å²) in [4.78, 5) is 20.5. The summed E-state index contributed by atoms with van der Waals surface area (Å²) in [6.45, 7) is 0.403. The van der Waals surface area contributed by atoms with E-state index < -0.39 is 0 Å². The number of fused-ring (bicyclic) bond motifs is 1. The fourth-order valence-electron chi connectivity index (χ4n) is 2.63. The summed E-state index contributed by atoms with van der Waals surface area (Å²) in [5.41, 5.74) is 2.29. The Morgan fingerprint density at radius 3 is 2.96 bits per heavy atom. The molecule has 1 atom stereocenters. The van der Waals surface area contributed by atoms with Crippen LogP contribution in [0.2, 0.25) is 0 Å². The van der Waals surface area contributed by atoms with Gasteiger partial charge in [-0.05, 0) is 17.7 Å². The summed E-state index contributed by atoms with van der Waals surface area (Å²) < 4.78 is 13.8. The van der Waals surface area contributed by atoms with Crippen molar-refractivity contribution < 1.29 is 9.53 Å². The summed E-state index contributed by atoms with van der Waals surface area (Å²) >= 11 is 1.01. The van der Waals surface area contributed by atoms with Gasteiger partial charge in [0.15, 0.2) is 11.5 Å². The van der Waals surface area contributed by atoms with E-state index in [-0.39, 0.29) is 12.0 Å². The monoisotopic (exact) mass is 339 g/mol. The predicted molar refractivity (Wildman–Crippen MR) is 87.8 cm³/mol.